The molecule has 3 rings (SSSR count). The summed E-state index contributed by atoms with van der Waals surface area (Å²) in [5.74, 6) is 0.855. The highest BCUT2D eigenvalue weighted by Crippen LogP contribution is 2.12. The van der Waals surface area contributed by atoms with Crippen molar-refractivity contribution in [2.24, 2.45) is 4.99 Å². The van der Waals surface area contributed by atoms with Crippen LogP contribution < -0.4 is 10.6 Å². The molecule has 0 saturated carbocycles. The van der Waals surface area contributed by atoms with Crippen LogP contribution in [0.15, 0.2) is 29.5 Å². The zero-order valence-corrected chi connectivity index (χ0v) is 14.6. The molecule has 0 spiro atoms. The minimum absolute atomic E-state index is 0.280. The Hall–Kier alpha value is -2.08. The maximum Gasteiger partial charge on any atom is 0.191 e. The summed E-state index contributed by atoms with van der Waals surface area (Å²) in [7, 11) is 0. The first kappa shape index (κ1) is 16.8. The van der Waals surface area contributed by atoms with Crippen molar-refractivity contribution in [1.82, 2.24) is 20.0 Å². The van der Waals surface area contributed by atoms with Crippen molar-refractivity contribution < 1.29 is 4.74 Å². The average Bonchev–Trinajstić information content (AvgIpc) is 3.22. The average molecular weight is 329 g/mol. The molecule has 0 bridgehead atoms. The topological polar surface area (TPSA) is 63.0 Å². The maximum atomic E-state index is 5.62. The molecule has 1 saturated heterocycles. The first-order valence-electron chi connectivity index (χ1n) is 8.83. The summed E-state index contributed by atoms with van der Waals surface area (Å²) in [6, 6.07) is 4.14. The van der Waals surface area contributed by atoms with Crippen molar-refractivity contribution in [3.63, 3.8) is 0 Å². The van der Waals surface area contributed by atoms with E-state index in [1.165, 1.54) is 5.56 Å². The molecule has 1 aliphatic heterocycles. The SMILES string of the molecule is CCNC(=NCC1CCCO1)NCCc1cn2cccc(C)c2n1. The predicted octanol–water partition coefficient (Wildman–Crippen LogP) is 1.92. The molecular weight excluding hydrogens is 302 g/mol. The summed E-state index contributed by atoms with van der Waals surface area (Å²) in [6.07, 6.45) is 7.55. The highest BCUT2D eigenvalue weighted by atomic mass is 16.5. The van der Waals surface area contributed by atoms with Gasteiger partial charge in [-0.15, -0.1) is 0 Å². The first-order valence-corrected chi connectivity index (χ1v) is 8.83. The molecular formula is C18H27N5O. The molecule has 1 atom stereocenters. The van der Waals surface area contributed by atoms with Gasteiger partial charge in [0.2, 0.25) is 0 Å². The summed E-state index contributed by atoms with van der Waals surface area (Å²) < 4.78 is 7.71. The van der Waals surface area contributed by atoms with E-state index in [4.69, 9.17) is 9.72 Å². The standard InChI is InChI=1S/C18H27N5O/c1-3-19-18(21-12-16-7-5-11-24-16)20-9-8-15-13-23-10-4-6-14(2)17(23)22-15/h4,6,10,13,16H,3,5,7-9,11-12H2,1-2H3,(H2,19,20,21). The fourth-order valence-electron chi connectivity index (χ4n) is 2.96. The molecule has 2 aromatic rings. The van der Waals surface area contributed by atoms with Crippen LogP contribution in [0, 0.1) is 6.92 Å². The van der Waals surface area contributed by atoms with Crippen molar-refractivity contribution in [3.8, 4) is 0 Å². The number of guanidine groups is 1. The lowest BCUT2D eigenvalue weighted by atomic mass is 10.2. The summed E-state index contributed by atoms with van der Waals surface area (Å²) in [6.45, 7) is 7.42. The van der Waals surface area contributed by atoms with E-state index in [2.05, 4.69) is 46.1 Å². The van der Waals surface area contributed by atoms with Crippen molar-refractivity contribution in [2.75, 3.05) is 26.2 Å². The fraction of sp³-hybridized carbons (Fsp3) is 0.556. The molecule has 24 heavy (non-hydrogen) atoms. The van der Waals surface area contributed by atoms with Gasteiger partial charge in [0.25, 0.3) is 0 Å². The fourth-order valence-corrected chi connectivity index (χ4v) is 2.96. The van der Waals surface area contributed by atoms with E-state index < -0.39 is 0 Å². The number of ether oxygens (including phenoxy) is 1. The van der Waals surface area contributed by atoms with Crippen LogP contribution in [0.5, 0.6) is 0 Å². The van der Waals surface area contributed by atoms with Gasteiger partial charge in [-0.25, -0.2) is 4.98 Å². The highest BCUT2D eigenvalue weighted by molar-refractivity contribution is 5.79. The number of aliphatic imine (C=N–C) groups is 1. The second kappa shape index (κ2) is 8.15. The van der Waals surface area contributed by atoms with Crippen LogP contribution in [-0.4, -0.2) is 47.7 Å². The lowest BCUT2D eigenvalue weighted by Gasteiger charge is -2.12. The van der Waals surface area contributed by atoms with Gasteiger partial charge in [-0.2, -0.15) is 0 Å². The lowest BCUT2D eigenvalue weighted by molar-refractivity contribution is 0.117. The number of hydrogen-bond acceptors (Lipinski definition) is 3. The zero-order valence-electron chi connectivity index (χ0n) is 14.6. The lowest BCUT2D eigenvalue weighted by Crippen LogP contribution is -2.39. The van der Waals surface area contributed by atoms with E-state index in [9.17, 15) is 0 Å². The van der Waals surface area contributed by atoms with Crippen LogP contribution >= 0.6 is 0 Å². The van der Waals surface area contributed by atoms with E-state index in [-0.39, 0.29) is 6.10 Å². The second-order valence-electron chi connectivity index (χ2n) is 6.19. The van der Waals surface area contributed by atoms with Gasteiger partial charge in [-0.1, -0.05) is 6.07 Å². The number of aryl methyl sites for hydroxylation is 1. The third-order valence-electron chi connectivity index (χ3n) is 4.22. The monoisotopic (exact) mass is 329 g/mol. The number of aromatic nitrogens is 2. The molecule has 0 radical (unpaired) electrons. The number of hydrogen-bond donors (Lipinski definition) is 2. The van der Waals surface area contributed by atoms with Crippen molar-refractivity contribution in [2.45, 2.75) is 39.2 Å². The van der Waals surface area contributed by atoms with Crippen LogP contribution in [0.25, 0.3) is 5.65 Å². The summed E-state index contributed by atoms with van der Waals surface area (Å²) in [5.41, 5.74) is 3.32. The molecule has 6 heteroatoms. The molecule has 0 amide bonds. The van der Waals surface area contributed by atoms with Gasteiger partial charge in [0.15, 0.2) is 5.96 Å². The molecule has 6 nitrogen and oxygen atoms in total. The van der Waals surface area contributed by atoms with Crippen LogP contribution in [0.4, 0.5) is 0 Å². The number of nitrogens with one attached hydrogen (secondary N) is 2. The van der Waals surface area contributed by atoms with Crippen LogP contribution in [0.1, 0.15) is 31.0 Å². The Kier molecular flexibility index (Phi) is 5.69. The largest absolute Gasteiger partial charge is 0.376 e. The molecule has 0 aromatic carbocycles. The van der Waals surface area contributed by atoms with E-state index in [0.29, 0.717) is 0 Å². The number of fused-ring (bicyclic) bond motifs is 1. The summed E-state index contributed by atoms with van der Waals surface area (Å²) in [4.78, 5) is 9.33. The van der Waals surface area contributed by atoms with E-state index in [0.717, 1.165) is 62.8 Å². The Labute approximate surface area is 143 Å². The number of pyridine rings is 1. The van der Waals surface area contributed by atoms with Crippen LogP contribution in [0.3, 0.4) is 0 Å². The van der Waals surface area contributed by atoms with Gasteiger partial charge in [0.05, 0.1) is 18.3 Å². The Morgan fingerprint density at radius 3 is 3.12 bits per heavy atom. The van der Waals surface area contributed by atoms with Crippen LogP contribution in [0.2, 0.25) is 0 Å². The molecule has 1 unspecified atom stereocenters. The number of imidazole rings is 1. The minimum Gasteiger partial charge on any atom is -0.376 e. The normalized spacial score (nSPS) is 18.2. The van der Waals surface area contributed by atoms with Gasteiger partial charge in [-0.3, -0.25) is 4.99 Å². The quantitative estimate of drug-likeness (QED) is 0.628. The van der Waals surface area contributed by atoms with Gasteiger partial charge in [0.1, 0.15) is 5.65 Å². The molecule has 1 fully saturated rings. The van der Waals surface area contributed by atoms with E-state index >= 15 is 0 Å². The Morgan fingerprint density at radius 2 is 2.38 bits per heavy atom. The zero-order chi connectivity index (χ0) is 16.8. The first-order chi connectivity index (χ1) is 11.8. The summed E-state index contributed by atoms with van der Waals surface area (Å²) in [5, 5.41) is 6.67. The van der Waals surface area contributed by atoms with Crippen molar-refractivity contribution in [1.29, 1.82) is 0 Å². The third-order valence-corrected chi connectivity index (χ3v) is 4.22. The maximum absolute atomic E-state index is 5.62. The molecule has 0 aliphatic carbocycles. The smallest absolute Gasteiger partial charge is 0.191 e. The summed E-state index contributed by atoms with van der Waals surface area (Å²) >= 11 is 0. The highest BCUT2D eigenvalue weighted by Gasteiger charge is 2.14. The molecule has 130 valence electrons. The Balaban J connectivity index is 1.53. The molecule has 2 aromatic heterocycles. The Morgan fingerprint density at radius 1 is 1.46 bits per heavy atom. The predicted molar refractivity (Wildman–Crippen MR) is 96.6 cm³/mol. The van der Waals surface area contributed by atoms with Crippen LogP contribution in [-0.2, 0) is 11.2 Å². The van der Waals surface area contributed by atoms with E-state index in [1.54, 1.807) is 0 Å². The molecule has 1 aliphatic rings. The van der Waals surface area contributed by atoms with Gasteiger partial charge in [0, 0.05) is 38.5 Å². The van der Waals surface area contributed by atoms with E-state index in [1.807, 2.05) is 12.3 Å². The van der Waals surface area contributed by atoms with Gasteiger partial charge < -0.3 is 19.8 Å². The Bertz CT molecular complexity index is 688. The molecule has 3 heterocycles. The minimum atomic E-state index is 0.280. The molecule has 2 N–H and O–H groups in total. The number of nitrogens with zero attached hydrogens (tertiary/aromatic N) is 3. The third kappa shape index (κ3) is 4.26. The number of rotatable bonds is 6. The van der Waals surface area contributed by atoms with Gasteiger partial charge >= 0.3 is 0 Å². The second-order valence-corrected chi connectivity index (χ2v) is 6.19. The van der Waals surface area contributed by atoms with Crippen molar-refractivity contribution >= 4 is 11.6 Å². The van der Waals surface area contributed by atoms with Gasteiger partial charge in [-0.05, 0) is 38.3 Å². The van der Waals surface area contributed by atoms with Crippen molar-refractivity contribution in [3.05, 3.63) is 35.8 Å².